The van der Waals surface area contributed by atoms with Crippen molar-refractivity contribution in [2.45, 2.75) is 19.4 Å². The lowest BCUT2D eigenvalue weighted by Crippen LogP contribution is -2.24. The summed E-state index contributed by atoms with van der Waals surface area (Å²) < 4.78 is 0. The molecule has 23 heavy (non-hydrogen) atoms. The zero-order valence-electron chi connectivity index (χ0n) is 12.5. The summed E-state index contributed by atoms with van der Waals surface area (Å²) in [6.07, 6.45) is 4.04. The van der Waals surface area contributed by atoms with E-state index in [2.05, 4.69) is 20.4 Å². The van der Waals surface area contributed by atoms with E-state index < -0.39 is 0 Å². The Kier molecular flexibility index (Phi) is 3.38. The quantitative estimate of drug-likeness (QED) is 0.726. The molecule has 0 spiro atoms. The lowest BCUT2D eigenvalue weighted by atomic mass is 9.98. The van der Waals surface area contributed by atoms with Gasteiger partial charge in [-0.1, -0.05) is 12.1 Å². The van der Waals surface area contributed by atoms with Crippen LogP contribution in [0, 0.1) is 0 Å². The van der Waals surface area contributed by atoms with Crippen LogP contribution in [0.2, 0.25) is 0 Å². The number of rotatable bonds is 2. The molecule has 3 aromatic rings. The van der Waals surface area contributed by atoms with Crippen molar-refractivity contribution in [3.05, 3.63) is 58.5 Å². The number of aromatic nitrogens is 2. The van der Waals surface area contributed by atoms with Gasteiger partial charge in [-0.3, -0.25) is 14.8 Å². The van der Waals surface area contributed by atoms with E-state index in [-0.39, 0.29) is 11.9 Å². The highest BCUT2D eigenvalue weighted by Crippen LogP contribution is 2.35. The molecule has 5 nitrogen and oxygen atoms in total. The first-order valence-corrected chi connectivity index (χ1v) is 8.28. The lowest BCUT2D eigenvalue weighted by Gasteiger charge is -2.21. The third-order valence-electron chi connectivity index (χ3n) is 3.98. The summed E-state index contributed by atoms with van der Waals surface area (Å²) >= 11 is 1.63. The van der Waals surface area contributed by atoms with Gasteiger partial charge in [0.2, 0.25) is 5.91 Å². The number of carbonyl (C=O) groups excluding carboxylic acids is 1. The van der Waals surface area contributed by atoms with Gasteiger partial charge in [0.15, 0.2) is 0 Å². The Morgan fingerprint density at radius 3 is 2.91 bits per heavy atom. The van der Waals surface area contributed by atoms with Crippen LogP contribution in [-0.4, -0.2) is 26.6 Å². The first-order chi connectivity index (χ1) is 11.2. The van der Waals surface area contributed by atoms with Crippen molar-refractivity contribution in [3.8, 4) is 0 Å². The molecule has 0 unspecified atom stereocenters. The highest BCUT2D eigenvalue weighted by molar-refractivity contribution is 7.08. The Balaban J connectivity index is 1.80. The van der Waals surface area contributed by atoms with Gasteiger partial charge in [0.25, 0.3) is 0 Å². The fourth-order valence-corrected chi connectivity index (χ4v) is 3.59. The summed E-state index contributed by atoms with van der Waals surface area (Å²) in [7, 11) is 0. The molecule has 2 aromatic heterocycles. The van der Waals surface area contributed by atoms with E-state index in [4.69, 9.17) is 0 Å². The van der Waals surface area contributed by atoms with Crippen LogP contribution in [0.4, 0.5) is 0 Å². The topological polar surface area (TPSA) is 58.5 Å². The summed E-state index contributed by atoms with van der Waals surface area (Å²) in [6, 6.07) is 7.78. The number of benzene rings is 1. The van der Waals surface area contributed by atoms with Gasteiger partial charge < -0.3 is 0 Å². The molecule has 0 saturated heterocycles. The zero-order valence-corrected chi connectivity index (χ0v) is 13.3. The lowest BCUT2D eigenvalue weighted by molar-refractivity contribution is -0.130. The van der Waals surface area contributed by atoms with Crippen molar-refractivity contribution in [2.75, 3.05) is 0 Å². The fraction of sp³-hybridized carbons (Fsp3) is 0.176. The second-order valence-electron chi connectivity index (χ2n) is 5.41. The van der Waals surface area contributed by atoms with E-state index in [0.717, 1.165) is 27.9 Å². The smallest absolute Gasteiger partial charge is 0.240 e. The minimum absolute atomic E-state index is 0.0684. The number of hydrogen-bond acceptors (Lipinski definition) is 5. The van der Waals surface area contributed by atoms with Crippen LogP contribution >= 0.6 is 11.3 Å². The third kappa shape index (κ3) is 2.41. The van der Waals surface area contributed by atoms with Crippen molar-refractivity contribution >= 4 is 34.0 Å². The molecular weight excluding hydrogens is 308 g/mol. The standard InChI is InChI=1S/C17H14N4OS/c1-11(22)21-16(9-15(20-21)12-5-8-23-10-12)13-3-2-4-14-17(13)19-7-6-18-14/h2-8,10,16H,9H2,1H3/t16-/m1/s1. The van der Waals surface area contributed by atoms with Crippen molar-refractivity contribution in [1.29, 1.82) is 0 Å². The van der Waals surface area contributed by atoms with Crippen LogP contribution in [0.5, 0.6) is 0 Å². The SMILES string of the molecule is CC(=O)N1N=C(c2ccsc2)C[C@@H]1c1cccc2nccnc12. The summed E-state index contributed by atoms with van der Waals surface area (Å²) in [5, 5.41) is 10.2. The van der Waals surface area contributed by atoms with Crippen molar-refractivity contribution in [3.63, 3.8) is 0 Å². The molecule has 1 atom stereocenters. The van der Waals surface area contributed by atoms with Gasteiger partial charge in [0.1, 0.15) is 0 Å². The molecule has 0 saturated carbocycles. The molecule has 3 heterocycles. The Morgan fingerprint density at radius 2 is 2.13 bits per heavy atom. The van der Waals surface area contributed by atoms with Crippen LogP contribution < -0.4 is 0 Å². The predicted molar refractivity (Wildman–Crippen MR) is 90.3 cm³/mol. The van der Waals surface area contributed by atoms with Crippen LogP contribution in [-0.2, 0) is 4.79 Å². The van der Waals surface area contributed by atoms with Crippen molar-refractivity contribution in [1.82, 2.24) is 15.0 Å². The molecule has 4 rings (SSSR count). The van der Waals surface area contributed by atoms with Gasteiger partial charge in [-0.25, -0.2) is 5.01 Å². The number of carbonyl (C=O) groups is 1. The molecule has 1 aromatic carbocycles. The van der Waals surface area contributed by atoms with E-state index >= 15 is 0 Å². The molecule has 0 N–H and O–H groups in total. The molecular formula is C17H14N4OS. The van der Waals surface area contributed by atoms with Gasteiger partial charge in [0.05, 0.1) is 22.8 Å². The molecule has 114 valence electrons. The second kappa shape index (κ2) is 5.55. The van der Waals surface area contributed by atoms with E-state index in [9.17, 15) is 4.79 Å². The number of amides is 1. The molecule has 1 amide bonds. The Hall–Kier alpha value is -2.60. The normalized spacial score (nSPS) is 17.5. The number of hydrogen-bond donors (Lipinski definition) is 0. The number of nitrogens with zero attached hydrogens (tertiary/aromatic N) is 4. The number of thiophene rings is 1. The van der Waals surface area contributed by atoms with Gasteiger partial charge in [-0.05, 0) is 22.9 Å². The summed E-state index contributed by atoms with van der Waals surface area (Å²) in [6.45, 7) is 1.55. The molecule has 0 radical (unpaired) electrons. The van der Waals surface area contributed by atoms with Gasteiger partial charge >= 0.3 is 0 Å². The van der Waals surface area contributed by atoms with Crippen molar-refractivity contribution in [2.24, 2.45) is 5.10 Å². The van der Waals surface area contributed by atoms with Gasteiger partial charge in [-0.15, -0.1) is 0 Å². The van der Waals surface area contributed by atoms with E-state index in [1.54, 1.807) is 35.7 Å². The van der Waals surface area contributed by atoms with Crippen LogP contribution in [0.25, 0.3) is 11.0 Å². The average molecular weight is 322 g/mol. The maximum atomic E-state index is 12.1. The average Bonchev–Trinajstić information content (AvgIpc) is 3.23. The number of para-hydroxylation sites is 1. The summed E-state index contributed by atoms with van der Waals surface area (Å²) in [4.78, 5) is 20.9. The molecule has 1 aliphatic rings. The van der Waals surface area contributed by atoms with Crippen LogP contribution in [0.3, 0.4) is 0 Å². The largest absolute Gasteiger partial charge is 0.273 e. The monoisotopic (exact) mass is 322 g/mol. The summed E-state index contributed by atoms with van der Waals surface area (Å²) in [5.74, 6) is -0.0684. The Bertz CT molecular complexity index is 899. The highest BCUT2D eigenvalue weighted by atomic mass is 32.1. The van der Waals surface area contributed by atoms with Crippen LogP contribution in [0.15, 0.2) is 52.5 Å². The van der Waals surface area contributed by atoms with Crippen molar-refractivity contribution < 1.29 is 4.79 Å². The number of hydrazone groups is 1. The minimum Gasteiger partial charge on any atom is -0.273 e. The molecule has 6 heteroatoms. The summed E-state index contributed by atoms with van der Waals surface area (Å²) in [5.41, 5.74) is 4.66. The third-order valence-corrected chi connectivity index (χ3v) is 4.66. The first-order valence-electron chi connectivity index (χ1n) is 7.33. The Labute approximate surface area is 137 Å². The van der Waals surface area contributed by atoms with E-state index in [1.165, 1.54) is 0 Å². The van der Waals surface area contributed by atoms with Gasteiger partial charge in [-0.2, -0.15) is 16.4 Å². The van der Waals surface area contributed by atoms with Gasteiger partial charge in [0, 0.05) is 36.9 Å². The highest BCUT2D eigenvalue weighted by Gasteiger charge is 2.32. The fourth-order valence-electron chi connectivity index (χ4n) is 2.93. The Morgan fingerprint density at radius 1 is 1.26 bits per heavy atom. The molecule has 0 aliphatic carbocycles. The minimum atomic E-state index is -0.136. The van der Waals surface area contributed by atoms with E-state index in [1.807, 2.05) is 29.6 Å². The zero-order chi connectivity index (χ0) is 15.8. The maximum absolute atomic E-state index is 12.1. The first kappa shape index (κ1) is 14.0. The molecule has 0 fully saturated rings. The van der Waals surface area contributed by atoms with Crippen LogP contribution in [0.1, 0.15) is 30.5 Å². The second-order valence-corrected chi connectivity index (χ2v) is 6.19. The predicted octanol–water partition coefficient (Wildman–Crippen LogP) is 3.39. The van der Waals surface area contributed by atoms with E-state index in [0.29, 0.717) is 6.42 Å². The molecule has 0 bridgehead atoms. The number of fused-ring (bicyclic) bond motifs is 1. The maximum Gasteiger partial charge on any atom is 0.240 e. The molecule has 1 aliphatic heterocycles.